The van der Waals surface area contributed by atoms with E-state index in [1.54, 1.807) is 0 Å². The minimum absolute atomic E-state index is 0.0986. The SMILES string of the molecule is CCCNC(=O)CCNCc1ccc2c(c1)OCCO2. The molecule has 1 heterocycles. The number of rotatable bonds is 7. The van der Waals surface area contributed by atoms with Crippen molar-refractivity contribution in [3.05, 3.63) is 23.8 Å². The molecule has 20 heavy (non-hydrogen) atoms. The van der Waals surface area contributed by atoms with Gasteiger partial charge in [0.25, 0.3) is 0 Å². The van der Waals surface area contributed by atoms with Gasteiger partial charge in [0.15, 0.2) is 11.5 Å². The van der Waals surface area contributed by atoms with Crippen LogP contribution >= 0.6 is 0 Å². The molecule has 0 fully saturated rings. The summed E-state index contributed by atoms with van der Waals surface area (Å²) in [6, 6.07) is 5.93. The van der Waals surface area contributed by atoms with Gasteiger partial charge in [0.05, 0.1) is 0 Å². The van der Waals surface area contributed by atoms with Gasteiger partial charge in [-0.1, -0.05) is 13.0 Å². The van der Waals surface area contributed by atoms with Crippen molar-refractivity contribution in [1.82, 2.24) is 10.6 Å². The summed E-state index contributed by atoms with van der Waals surface area (Å²) in [7, 11) is 0. The molecule has 110 valence electrons. The molecule has 1 aromatic carbocycles. The molecule has 1 aliphatic rings. The Balaban J connectivity index is 1.70. The van der Waals surface area contributed by atoms with Crippen LogP contribution in [-0.4, -0.2) is 32.2 Å². The van der Waals surface area contributed by atoms with Crippen LogP contribution in [0.15, 0.2) is 18.2 Å². The molecule has 5 heteroatoms. The first-order valence-corrected chi connectivity index (χ1v) is 7.15. The van der Waals surface area contributed by atoms with E-state index in [9.17, 15) is 4.79 Å². The first-order valence-electron chi connectivity index (χ1n) is 7.15. The number of carbonyl (C=O) groups excluding carboxylic acids is 1. The van der Waals surface area contributed by atoms with Crippen molar-refractivity contribution in [2.75, 3.05) is 26.3 Å². The van der Waals surface area contributed by atoms with E-state index >= 15 is 0 Å². The summed E-state index contributed by atoms with van der Waals surface area (Å²) in [5.74, 6) is 1.71. The van der Waals surface area contributed by atoms with Crippen molar-refractivity contribution < 1.29 is 14.3 Å². The molecule has 0 bridgehead atoms. The predicted molar refractivity (Wildman–Crippen MR) is 77.1 cm³/mol. The number of nitrogens with one attached hydrogen (secondary N) is 2. The quantitative estimate of drug-likeness (QED) is 0.741. The molecule has 0 unspecified atom stereocenters. The van der Waals surface area contributed by atoms with Crippen molar-refractivity contribution in [2.24, 2.45) is 0 Å². The van der Waals surface area contributed by atoms with Crippen LogP contribution < -0.4 is 20.1 Å². The van der Waals surface area contributed by atoms with Crippen LogP contribution in [-0.2, 0) is 11.3 Å². The minimum atomic E-state index is 0.0986. The van der Waals surface area contributed by atoms with Gasteiger partial charge in [0.2, 0.25) is 5.91 Å². The Hall–Kier alpha value is -1.75. The third kappa shape index (κ3) is 4.42. The number of hydrogen-bond donors (Lipinski definition) is 2. The molecule has 0 aliphatic carbocycles. The maximum Gasteiger partial charge on any atom is 0.221 e. The van der Waals surface area contributed by atoms with Crippen LogP contribution in [0.1, 0.15) is 25.3 Å². The lowest BCUT2D eigenvalue weighted by molar-refractivity contribution is -0.120. The van der Waals surface area contributed by atoms with Crippen LogP contribution in [0.2, 0.25) is 0 Å². The molecule has 0 spiro atoms. The fourth-order valence-corrected chi connectivity index (χ4v) is 1.99. The van der Waals surface area contributed by atoms with E-state index in [0.29, 0.717) is 26.2 Å². The lowest BCUT2D eigenvalue weighted by atomic mass is 10.2. The standard InChI is InChI=1S/C15H22N2O3/c1-2-6-17-15(18)5-7-16-11-12-3-4-13-14(10-12)20-9-8-19-13/h3-4,10,16H,2,5-9,11H2,1H3,(H,17,18). The molecule has 2 rings (SSSR count). The molecule has 1 amide bonds. The Labute approximate surface area is 119 Å². The third-order valence-electron chi connectivity index (χ3n) is 3.04. The van der Waals surface area contributed by atoms with E-state index in [-0.39, 0.29) is 5.91 Å². The van der Waals surface area contributed by atoms with Gasteiger partial charge in [0, 0.05) is 26.1 Å². The second kappa shape index (κ2) is 7.75. The average Bonchev–Trinajstić information content (AvgIpc) is 2.49. The highest BCUT2D eigenvalue weighted by Crippen LogP contribution is 2.30. The van der Waals surface area contributed by atoms with E-state index in [1.165, 1.54) is 0 Å². The number of ether oxygens (including phenoxy) is 2. The highest BCUT2D eigenvalue weighted by atomic mass is 16.6. The molecular formula is C15H22N2O3. The second-order valence-corrected chi connectivity index (χ2v) is 4.75. The topological polar surface area (TPSA) is 59.6 Å². The first kappa shape index (κ1) is 14.7. The number of fused-ring (bicyclic) bond motifs is 1. The van der Waals surface area contributed by atoms with Gasteiger partial charge in [-0.2, -0.15) is 0 Å². The van der Waals surface area contributed by atoms with Crippen molar-refractivity contribution in [3.63, 3.8) is 0 Å². The maximum absolute atomic E-state index is 11.4. The van der Waals surface area contributed by atoms with Gasteiger partial charge in [-0.15, -0.1) is 0 Å². The van der Waals surface area contributed by atoms with Crippen molar-refractivity contribution in [1.29, 1.82) is 0 Å². The number of benzene rings is 1. The lowest BCUT2D eigenvalue weighted by Crippen LogP contribution is -2.28. The average molecular weight is 278 g/mol. The molecule has 5 nitrogen and oxygen atoms in total. The van der Waals surface area contributed by atoms with E-state index in [0.717, 1.165) is 36.6 Å². The van der Waals surface area contributed by atoms with Gasteiger partial charge >= 0.3 is 0 Å². The molecule has 1 aromatic rings. The zero-order valence-electron chi connectivity index (χ0n) is 11.9. The molecule has 0 saturated carbocycles. The Bertz CT molecular complexity index is 449. The smallest absolute Gasteiger partial charge is 0.221 e. The summed E-state index contributed by atoms with van der Waals surface area (Å²) in [6.07, 6.45) is 1.47. The summed E-state index contributed by atoms with van der Waals surface area (Å²) in [5, 5.41) is 6.12. The van der Waals surface area contributed by atoms with E-state index in [2.05, 4.69) is 10.6 Å². The van der Waals surface area contributed by atoms with E-state index in [4.69, 9.17) is 9.47 Å². The van der Waals surface area contributed by atoms with Crippen LogP contribution in [0.4, 0.5) is 0 Å². The van der Waals surface area contributed by atoms with Gasteiger partial charge in [-0.3, -0.25) is 4.79 Å². The predicted octanol–water partition coefficient (Wildman–Crippen LogP) is 1.46. The van der Waals surface area contributed by atoms with Crippen LogP contribution in [0, 0.1) is 0 Å². The highest BCUT2D eigenvalue weighted by molar-refractivity contribution is 5.75. The number of carbonyl (C=O) groups is 1. The molecule has 0 aromatic heterocycles. The van der Waals surface area contributed by atoms with Crippen molar-refractivity contribution in [2.45, 2.75) is 26.3 Å². The van der Waals surface area contributed by atoms with Gasteiger partial charge in [0.1, 0.15) is 13.2 Å². The number of hydrogen-bond acceptors (Lipinski definition) is 4. The normalized spacial score (nSPS) is 13.1. The molecule has 0 saturated heterocycles. The van der Waals surface area contributed by atoms with Crippen LogP contribution in [0.25, 0.3) is 0 Å². The molecule has 0 atom stereocenters. The summed E-state index contributed by atoms with van der Waals surface area (Å²) < 4.78 is 11.0. The lowest BCUT2D eigenvalue weighted by Gasteiger charge is -2.19. The molecular weight excluding hydrogens is 256 g/mol. The fraction of sp³-hybridized carbons (Fsp3) is 0.533. The molecule has 1 aliphatic heterocycles. The number of amides is 1. The van der Waals surface area contributed by atoms with Gasteiger partial charge in [-0.25, -0.2) is 0 Å². The Morgan fingerprint density at radius 2 is 2.00 bits per heavy atom. The Morgan fingerprint density at radius 1 is 1.20 bits per heavy atom. The summed E-state index contributed by atoms with van der Waals surface area (Å²) in [6.45, 7) is 5.39. The van der Waals surface area contributed by atoms with E-state index < -0.39 is 0 Å². The summed E-state index contributed by atoms with van der Waals surface area (Å²) >= 11 is 0. The zero-order valence-corrected chi connectivity index (χ0v) is 11.9. The monoisotopic (exact) mass is 278 g/mol. The van der Waals surface area contributed by atoms with Crippen LogP contribution in [0.5, 0.6) is 11.5 Å². The highest BCUT2D eigenvalue weighted by Gasteiger charge is 2.11. The first-order chi connectivity index (χ1) is 9.79. The minimum Gasteiger partial charge on any atom is -0.486 e. The third-order valence-corrected chi connectivity index (χ3v) is 3.04. The second-order valence-electron chi connectivity index (χ2n) is 4.75. The molecule has 0 radical (unpaired) electrons. The van der Waals surface area contributed by atoms with Crippen LogP contribution in [0.3, 0.4) is 0 Å². The maximum atomic E-state index is 11.4. The van der Waals surface area contributed by atoms with E-state index in [1.807, 2.05) is 25.1 Å². The summed E-state index contributed by atoms with van der Waals surface area (Å²) in [5.41, 5.74) is 1.13. The van der Waals surface area contributed by atoms with Crippen molar-refractivity contribution >= 4 is 5.91 Å². The largest absolute Gasteiger partial charge is 0.486 e. The fourth-order valence-electron chi connectivity index (χ4n) is 1.99. The van der Waals surface area contributed by atoms with Gasteiger partial charge in [-0.05, 0) is 24.1 Å². The zero-order chi connectivity index (χ0) is 14.2. The van der Waals surface area contributed by atoms with Crippen molar-refractivity contribution in [3.8, 4) is 11.5 Å². The Kier molecular flexibility index (Phi) is 5.68. The molecule has 2 N–H and O–H groups in total. The van der Waals surface area contributed by atoms with Gasteiger partial charge < -0.3 is 20.1 Å². The summed E-state index contributed by atoms with van der Waals surface area (Å²) in [4.78, 5) is 11.4. The Morgan fingerprint density at radius 3 is 2.80 bits per heavy atom.